The molecule has 0 rings (SSSR count). The lowest BCUT2D eigenvalue weighted by atomic mass is 10.0. The Bertz CT molecular complexity index is 361. The predicted molar refractivity (Wildman–Crippen MR) is 89.9 cm³/mol. The summed E-state index contributed by atoms with van der Waals surface area (Å²) in [5.74, 6) is -0.385. The number of nitrogens with zero attached hydrogens (tertiary/aromatic N) is 1. The van der Waals surface area contributed by atoms with Crippen molar-refractivity contribution in [2.75, 3.05) is 48.1 Å². The zero-order valence-corrected chi connectivity index (χ0v) is 15.3. The first-order valence-electron chi connectivity index (χ1n) is 8.24. The van der Waals surface area contributed by atoms with E-state index in [-0.39, 0.29) is 43.6 Å². The quantitative estimate of drug-likeness (QED) is 0.413. The summed E-state index contributed by atoms with van der Waals surface area (Å²) in [7, 11) is 6.81. The fourth-order valence-electron chi connectivity index (χ4n) is 2.16. The van der Waals surface area contributed by atoms with Gasteiger partial charge in [0.25, 0.3) is 0 Å². The van der Waals surface area contributed by atoms with Gasteiger partial charge in [0.05, 0.1) is 0 Å². The van der Waals surface area contributed by atoms with E-state index in [1.165, 1.54) is 14.2 Å². The van der Waals surface area contributed by atoms with Crippen LogP contribution in [0.1, 0.15) is 38.5 Å². The molecule has 0 saturated carbocycles. The van der Waals surface area contributed by atoms with Gasteiger partial charge in [-0.25, -0.2) is 0 Å². The van der Waals surface area contributed by atoms with Crippen LogP contribution in [-0.4, -0.2) is 76.6 Å². The monoisotopic (exact) mass is 345 g/mol. The Morgan fingerprint density at radius 1 is 0.875 bits per heavy atom. The van der Waals surface area contributed by atoms with Gasteiger partial charge in [-0.3, -0.25) is 14.4 Å². The van der Waals surface area contributed by atoms with Crippen molar-refractivity contribution in [3.63, 3.8) is 0 Å². The maximum atomic E-state index is 11.9. The molecule has 0 N–H and O–H groups in total. The van der Waals surface area contributed by atoms with Gasteiger partial charge in [0.15, 0.2) is 11.6 Å². The number of hydrogen-bond donors (Lipinski definition) is 0. The number of Topliss-reactive ketones (excluding diaryl/α,β-unsaturated/α-hetero) is 2. The molecule has 0 aromatic rings. The molecule has 0 spiro atoms. The highest BCUT2D eigenvalue weighted by Crippen LogP contribution is 2.13. The van der Waals surface area contributed by atoms with Gasteiger partial charge in [0.2, 0.25) is 0 Å². The van der Waals surface area contributed by atoms with Crippen LogP contribution in [0.4, 0.5) is 0 Å². The lowest BCUT2D eigenvalue weighted by Gasteiger charge is -2.18. The lowest BCUT2D eigenvalue weighted by molar-refractivity contribution is -0.151. The van der Waals surface area contributed by atoms with Crippen LogP contribution in [0.3, 0.4) is 0 Å². The summed E-state index contributed by atoms with van der Waals surface area (Å²) < 4.78 is 15.0. The van der Waals surface area contributed by atoms with Crippen molar-refractivity contribution in [2.24, 2.45) is 0 Å². The van der Waals surface area contributed by atoms with E-state index in [0.717, 1.165) is 6.54 Å². The molecule has 0 amide bonds. The van der Waals surface area contributed by atoms with Gasteiger partial charge in [0, 0.05) is 33.5 Å². The molecule has 0 bridgehead atoms. The highest BCUT2D eigenvalue weighted by molar-refractivity contribution is 5.80. The molecule has 0 aromatic heterocycles. The third-order valence-corrected chi connectivity index (χ3v) is 3.39. The number of carbonyl (C=O) groups is 3. The number of hydrogen-bond acceptors (Lipinski definition) is 7. The highest BCUT2D eigenvalue weighted by atomic mass is 16.5. The van der Waals surface area contributed by atoms with Gasteiger partial charge >= 0.3 is 5.97 Å². The fourth-order valence-corrected chi connectivity index (χ4v) is 2.16. The summed E-state index contributed by atoms with van der Waals surface area (Å²) >= 11 is 0. The zero-order chi connectivity index (χ0) is 18.4. The van der Waals surface area contributed by atoms with E-state index in [1.54, 1.807) is 0 Å². The summed E-state index contributed by atoms with van der Waals surface area (Å²) in [5, 5.41) is 0. The highest BCUT2D eigenvalue weighted by Gasteiger charge is 2.18. The van der Waals surface area contributed by atoms with Crippen molar-refractivity contribution >= 4 is 17.5 Å². The van der Waals surface area contributed by atoms with Crippen LogP contribution in [0.25, 0.3) is 0 Å². The van der Waals surface area contributed by atoms with E-state index >= 15 is 0 Å². The minimum atomic E-state index is -0.432. The molecule has 7 nitrogen and oxygen atoms in total. The SMILES string of the molecule is COCC(=O)CCC(CCC(=O)COC)OC(=O)CCCN(C)C. The number of ether oxygens (including phenoxy) is 3. The van der Waals surface area contributed by atoms with E-state index < -0.39 is 6.10 Å². The number of esters is 1. The molecule has 0 aliphatic rings. The van der Waals surface area contributed by atoms with Gasteiger partial charge in [-0.1, -0.05) is 0 Å². The number of methoxy groups -OCH3 is 2. The molecule has 0 aliphatic heterocycles. The molecule has 0 aliphatic carbocycles. The molecular formula is C17H31NO6. The predicted octanol–water partition coefficient (Wildman–Crippen LogP) is 1.23. The molecule has 0 unspecified atom stereocenters. The second-order valence-electron chi connectivity index (χ2n) is 6.04. The average molecular weight is 345 g/mol. The Balaban J connectivity index is 4.35. The first kappa shape index (κ1) is 22.7. The third kappa shape index (κ3) is 13.2. The largest absolute Gasteiger partial charge is 0.462 e. The normalized spacial score (nSPS) is 11.1. The maximum absolute atomic E-state index is 11.9. The van der Waals surface area contributed by atoms with Gasteiger partial charge in [0.1, 0.15) is 19.3 Å². The maximum Gasteiger partial charge on any atom is 0.306 e. The Labute approximate surface area is 144 Å². The van der Waals surface area contributed by atoms with Crippen LogP contribution in [0.15, 0.2) is 0 Å². The minimum Gasteiger partial charge on any atom is -0.462 e. The third-order valence-electron chi connectivity index (χ3n) is 3.39. The van der Waals surface area contributed by atoms with Crippen molar-refractivity contribution in [1.29, 1.82) is 0 Å². The molecule has 0 radical (unpaired) electrons. The summed E-state index contributed by atoms with van der Waals surface area (Å²) in [6.07, 6.45) is 1.95. The Kier molecular flexibility index (Phi) is 13.3. The van der Waals surface area contributed by atoms with Crippen LogP contribution in [0, 0.1) is 0 Å². The number of ketones is 2. The summed E-state index contributed by atoms with van der Waals surface area (Å²) in [5.41, 5.74) is 0. The van der Waals surface area contributed by atoms with Crippen molar-refractivity contribution < 1.29 is 28.6 Å². The molecule has 140 valence electrons. The minimum absolute atomic E-state index is 0.0469. The molecular weight excluding hydrogens is 314 g/mol. The van der Waals surface area contributed by atoms with Gasteiger partial charge in [-0.2, -0.15) is 0 Å². The Hall–Kier alpha value is -1.31. The van der Waals surface area contributed by atoms with Gasteiger partial charge in [-0.15, -0.1) is 0 Å². The smallest absolute Gasteiger partial charge is 0.306 e. The van der Waals surface area contributed by atoms with E-state index in [9.17, 15) is 14.4 Å². The second-order valence-corrected chi connectivity index (χ2v) is 6.04. The number of carbonyl (C=O) groups excluding carboxylic acids is 3. The second kappa shape index (κ2) is 14.1. The molecule has 0 heterocycles. The van der Waals surface area contributed by atoms with Crippen molar-refractivity contribution in [1.82, 2.24) is 4.90 Å². The van der Waals surface area contributed by atoms with Crippen LogP contribution in [-0.2, 0) is 28.6 Å². The van der Waals surface area contributed by atoms with Crippen LogP contribution in [0.5, 0.6) is 0 Å². The van der Waals surface area contributed by atoms with Crippen LogP contribution < -0.4 is 0 Å². The molecule has 0 fully saturated rings. The molecule has 0 aromatic carbocycles. The van der Waals surface area contributed by atoms with Crippen molar-refractivity contribution in [3.8, 4) is 0 Å². The van der Waals surface area contributed by atoms with Crippen molar-refractivity contribution in [2.45, 2.75) is 44.6 Å². The van der Waals surface area contributed by atoms with E-state index in [4.69, 9.17) is 14.2 Å². The van der Waals surface area contributed by atoms with Crippen LogP contribution in [0.2, 0.25) is 0 Å². The zero-order valence-electron chi connectivity index (χ0n) is 15.3. The van der Waals surface area contributed by atoms with E-state index in [2.05, 4.69) is 0 Å². The van der Waals surface area contributed by atoms with Gasteiger partial charge < -0.3 is 19.1 Å². The average Bonchev–Trinajstić information content (AvgIpc) is 2.50. The van der Waals surface area contributed by atoms with E-state index in [0.29, 0.717) is 25.7 Å². The summed E-state index contributed by atoms with van der Waals surface area (Å²) in [6, 6.07) is 0. The Morgan fingerprint density at radius 2 is 1.38 bits per heavy atom. The lowest BCUT2D eigenvalue weighted by Crippen LogP contribution is -2.23. The molecule has 0 atom stereocenters. The first-order chi connectivity index (χ1) is 11.4. The first-order valence-corrected chi connectivity index (χ1v) is 8.24. The number of rotatable bonds is 15. The summed E-state index contributed by atoms with van der Waals surface area (Å²) in [4.78, 5) is 37.0. The molecule has 0 saturated heterocycles. The molecule has 7 heteroatoms. The standard InChI is InChI=1S/C17H31NO6/c1-18(2)11-5-6-17(21)24-16(9-7-14(19)12-22-3)10-8-15(20)13-23-4/h16H,5-13H2,1-4H3. The van der Waals surface area contributed by atoms with E-state index in [1.807, 2.05) is 19.0 Å². The van der Waals surface area contributed by atoms with Crippen molar-refractivity contribution in [3.05, 3.63) is 0 Å². The topological polar surface area (TPSA) is 82.1 Å². The van der Waals surface area contributed by atoms with Crippen LogP contribution >= 0.6 is 0 Å². The van der Waals surface area contributed by atoms with Gasteiger partial charge in [-0.05, 0) is 39.9 Å². The fraction of sp³-hybridized carbons (Fsp3) is 0.824. The Morgan fingerprint density at radius 3 is 1.79 bits per heavy atom. The summed E-state index contributed by atoms with van der Waals surface area (Å²) in [6.45, 7) is 0.899. The molecule has 24 heavy (non-hydrogen) atoms.